The molecule has 2 aromatic carbocycles. The van der Waals surface area contributed by atoms with Crippen molar-refractivity contribution in [3.05, 3.63) is 71.8 Å². The summed E-state index contributed by atoms with van der Waals surface area (Å²) in [5.74, 6) is 0. The number of hydrogen-bond donors (Lipinski definition) is 3. The molecule has 0 fully saturated rings. The average Bonchev–Trinajstić information content (AvgIpc) is 2.57. The van der Waals surface area contributed by atoms with Crippen LogP contribution in [-0.2, 0) is 11.3 Å². The second kappa shape index (κ2) is 8.66. The van der Waals surface area contributed by atoms with Crippen LogP contribution in [0.25, 0.3) is 0 Å². The Morgan fingerprint density at radius 2 is 1.45 bits per heavy atom. The lowest BCUT2D eigenvalue weighted by Gasteiger charge is -2.28. The van der Waals surface area contributed by atoms with Crippen molar-refractivity contribution < 1.29 is 20.1 Å². The molecule has 0 bridgehead atoms. The number of rotatable bonds is 8. The lowest BCUT2D eigenvalue weighted by atomic mass is 9.98. The SMILES string of the molecule is OCC[C@@H](O)[C@H](OCc1ccccc1)[C@H](O)c1ccccc1. The van der Waals surface area contributed by atoms with Gasteiger partial charge in [-0.15, -0.1) is 0 Å². The van der Waals surface area contributed by atoms with E-state index in [-0.39, 0.29) is 19.6 Å². The van der Waals surface area contributed by atoms with Crippen molar-refractivity contribution in [2.24, 2.45) is 0 Å². The quantitative estimate of drug-likeness (QED) is 0.698. The Hall–Kier alpha value is -1.72. The lowest BCUT2D eigenvalue weighted by molar-refractivity contribution is -0.113. The van der Waals surface area contributed by atoms with Crippen molar-refractivity contribution in [3.63, 3.8) is 0 Å². The van der Waals surface area contributed by atoms with Gasteiger partial charge in [-0.05, 0) is 17.5 Å². The molecule has 0 radical (unpaired) electrons. The minimum atomic E-state index is -0.952. The highest BCUT2D eigenvalue weighted by atomic mass is 16.5. The standard InChI is InChI=1S/C18H22O4/c19-12-11-16(20)18(17(21)15-9-5-2-6-10-15)22-13-14-7-3-1-4-8-14/h1-10,16-21H,11-13H2/t16-,17-,18+/m1/s1. The number of benzene rings is 2. The van der Waals surface area contributed by atoms with Crippen molar-refractivity contribution in [3.8, 4) is 0 Å². The number of ether oxygens (including phenoxy) is 1. The monoisotopic (exact) mass is 302 g/mol. The summed E-state index contributed by atoms with van der Waals surface area (Å²) >= 11 is 0. The lowest BCUT2D eigenvalue weighted by Crippen LogP contribution is -2.35. The van der Waals surface area contributed by atoms with Gasteiger partial charge >= 0.3 is 0 Å². The fourth-order valence-corrected chi connectivity index (χ4v) is 2.32. The Kier molecular flexibility index (Phi) is 6.55. The van der Waals surface area contributed by atoms with E-state index in [2.05, 4.69) is 0 Å². The minimum absolute atomic E-state index is 0.156. The van der Waals surface area contributed by atoms with Crippen LogP contribution in [0.3, 0.4) is 0 Å². The maximum atomic E-state index is 10.5. The van der Waals surface area contributed by atoms with E-state index in [4.69, 9.17) is 9.84 Å². The van der Waals surface area contributed by atoms with Gasteiger partial charge in [0, 0.05) is 6.61 Å². The second-order valence-electron chi connectivity index (χ2n) is 5.20. The first-order chi connectivity index (χ1) is 10.7. The fourth-order valence-electron chi connectivity index (χ4n) is 2.32. The molecule has 0 saturated carbocycles. The topological polar surface area (TPSA) is 69.9 Å². The summed E-state index contributed by atoms with van der Waals surface area (Å²) in [4.78, 5) is 0. The summed E-state index contributed by atoms with van der Waals surface area (Å²) in [6, 6.07) is 18.7. The second-order valence-corrected chi connectivity index (χ2v) is 5.20. The van der Waals surface area contributed by atoms with Gasteiger partial charge < -0.3 is 20.1 Å². The highest BCUT2D eigenvalue weighted by Crippen LogP contribution is 2.24. The van der Waals surface area contributed by atoms with Crippen LogP contribution in [0.15, 0.2) is 60.7 Å². The highest BCUT2D eigenvalue weighted by Gasteiger charge is 2.28. The van der Waals surface area contributed by atoms with Crippen LogP contribution in [0, 0.1) is 0 Å². The highest BCUT2D eigenvalue weighted by molar-refractivity contribution is 5.19. The van der Waals surface area contributed by atoms with Crippen LogP contribution in [0.5, 0.6) is 0 Å². The van der Waals surface area contributed by atoms with E-state index in [0.29, 0.717) is 5.56 Å². The summed E-state index contributed by atoms with van der Waals surface area (Å²) in [6.45, 7) is 0.131. The van der Waals surface area contributed by atoms with Crippen molar-refractivity contribution >= 4 is 0 Å². The van der Waals surface area contributed by atoms with E-state index in [1.807, 2.05) is 48.5 Å². The molecular weight excluding hydrogens is 280 g/mol. The van der Waals surface area contributed by atoms with Gasteiger partial charge in [-0.25, -0.2) is 0 Å². The predicted molar refractivity (Wildman–Crippen MR) is 84.1 cm³/mol. The molecule has 0 aliphatic carbocycles. The maximum absolute atomic E-state index is 10.5. The van der Waals surface area contributed by atoms with E-state index >= 15 is 0 Å². The van der Waals surface area contributed by atoms with Gasteiger partial charge in [0.2, 0.25) is 0 Å². The number of aliphatic hydroxyl groups excluding tert-OH is 3. The molecule has 0 spiro atoms. The molecular formula is C18H22O4. The molecule has 2 rings (SSSR count). The zero-order valence-corrected chi connectivity index (χ0v) is 12.4. The molecule has 0 amide bonds. The molecule has 0 aromatic heterocycles. The van der Waals surface area contributed by atoms with Crippen LogP contribution in [0.4, 0.5) is 0 Å². The van der Waals surface area contributed by atoms with Gasteiger partial charge in [0.15, 0.2) is 0 Å². The third kappa shape index (κ3) is 4.64. The fraction of sp³-hybridized carbons (Fsp3) is 0.333. The molecule has 118 valence electrons. The first-order valence-corrected chi connectivity index (χ1v) is 7.40. The van der Waals surface area contributed by atoms with Crippen LogP contribution in [0.1, 0.15) is 23.7 Å². The van der Waals surface area contributed by atoms with Gasteiger partial charge in [0.05, 0.1) is 12.7 Å². The van der Waals surface area contributed by atoms with Crippen molar-refractivity contribution in [2.45, 2.75) is 31.3 Å². The summed E-state index contributed by atoms with van der Waals surface area (Å²) in [5.41, 5.74) is 1.64. The van der Waals surface area contributed by atoms with Crippen LogP contribution >= 0.6 is 0 Å². The molecule has 22 heavy (non-hydrogen) atoms. The molecule has 0 heterocycles. The Bertz CT molecular complexity index is 529. The summed E-state index contributed by atoms with van der Waals surface area (Å²) in [5, 5.41) is 29.7. The largest absolute Gasteiger partial charge is 0.396 e. The molecule has 3 N–H and O–H groups in total. The molecule has 2 aromatic rings. The van der Waals surface area contributed by atoms with E-state index in [1.54, 1.807) is 12.1 Å². The Labute approximate surface area is 130 Å². The molecule has 0 aliphatic heterocycles. The van der Waals surface area contributed by atoms with Gasteiger partial charge in [0.1, 0.15) is 12.2 Å². The van der Waals surface area contributed by atoms with Crippen LogP contribution < -0.4 is 0 Å². The minimum Gasteiger partial charge on any atom is -0.396 e. The summed E-state index contributed by atoms with van der Waals surface area (Å²) in [6.07, 6.45) is -2.53. The first kappa shape index (κ1) is 16.6. The molecule has 0 saturated heterocycles. The Morgan fingerprint density at radius 3 is 2.05 bits per heavy atom. The van der Waals surface area contributed by atoms with Crippen molar-refractivity contribution in [1.29, 1.82) is 0 Å². The average molecular weight is 302 g/mol. The van der Waals surface area contributed by atoms with Crippen LogP contribution in [0.2, 0.25) is 0 Å². The Morgan fingerprint density at radius 1 is 0.864 bits per heavy atom. The smallest absolute Gasteiger partial charge is 0.114 e. The van der Waals surface area contributed by atoms with Gasteiger partial charge in [-0.1, -0.05) is 60.7 Å². The molecule has 3 atom stereocenters. The predicted octanol–water partition coefficient (Wildman–Crippen LogP) is 2.05. The summed E-state index contributed by atoms with van der Waals surface area (Å²) < 4.78 is 5.75. The van der Waals surface area contributed by atoms with E-state index < -0.39 is 18.3 Å². The normalized spacial score (nSPS) is 15.2. The zero-order valence-electron chi connectivity index (χ0n) is 12.4. The third-order valence-corrected chi connectivity index (χ3v) is 3.54. The summed E-state index contributed by atoms with van der Waals surface area (Å²) in [7, 11) is 0. The van der Waals surface area contributed by atoms with Gasteiger partial charge in [-0.2, -0.15) is 0 Å². The van der Waals surface area contributed by atoms with E-state index in [9.17, 15) is 10.2 Å². The maximum Gasteiger partial charge on any atom is 0.114 e. The molecule has 0 unspecified atom stereocenters. The Balaban J connectivity index is 2.08. The first-order valence-electron chi connectivity index (χ1n) is 7.40. The number of aliphatic hydroxyl groups is 3. The van der Waals surface area contributed by atoms with E-state index in [0.717, 1.165) is 5.56 Å². The zero-order chi connectivity index (χ0) is 15.8. The molecule has 4 heteroatoms. The van der Waals surface area contributed by atoms with Gasteiger partial charge in [-0.3, -0.25) is 0 Å². The van der Waals surface area contributed by atoms with Crippen molar-refractivity contribution in [1.82, 2.24) is 0 Å². The third-order valence-electron chi connectivity index (χ3n) is 3.54. The van der Waals surface area contributed by atoms with Crippen LogP contribution in [-0.4, -0.2) is 34.1 Å². The van der Waals surface area contributed by atoms with E-state index in [1.165, 1.54) is 0 Å². The molecule has 0 aliphatic rings. The number of hydrogen-bond acceptors (Lipinski definition) is 4. The van der Waals surface area contributed by atoms with Gasteiger partial charge in [0.25, 0.3) is 0 Å². The van der Waals surface area contributed by atoms with Crippen molar-refractivity contribution in [2.75, 3.05) is 6.61 Å². The molecule has 4 nitrogen and oxygen atoms in total.